The SMILES string of the molecule is CC(C)(C)NS(=O)(=O)c1cc(Cl)cc(CN)c1.Cl. The van der Waals surface area contributed by atoms with Crippen LogP contribution >= 0.6 is 24.0 Å². The van der Waals surface area contributed by atoms with Crippen molar-refractivity contribution < 1.29 is 8.42 Å². The van der Waals surface area contributed by atoms with Crippen molar-refractivity contribution in [1.29, 1.82) is 0 Å². The summed E-state index contributed by atoms with van der Waals surface area (Å²) >= 11 is 5.86. The Morgan fingerprint density at radius 2 is 1.83 bits per heavy atom. The van der Waals surface area contributed by atoms with E-state index in [4.69, 9.17) is 17.3 Å². The van der Waals surface area contributed by atoms with Gasteiger partial charge in [0.25, 0.3) is 0 Å². The Morgan fingerprint density at radius 1 is 1.28 bits per heavy atom. The van der Waals surface area contributed by atoms with E-state index in [1.807, 2.05) is 0 Å². The van der Waals surface area contributed by atoms with E-state index in [9.17, 15) is 8.42 Å². The zero-order valence-electron chi connectivity index (χ0n) is 10.5. The molecule has 0 atom stereocenters. The van der Waals surface area contributed by atoms with Crippen molar-refractivity contribution in [2.45, 2.75) is 37.8 Å². The molecule has 0 saturated carbocycles. The molecule has 4 nitrogen and oxygen atoms in total. The summed E-state index contributed by atoms with van der Waals surface area (Å²) in [7, 11) is -3.56. The van der Waals surface area contributed by atoms with Gasteiger partial charge in [0.1, 0.15) is 0 Å². The Bertz CT molecular complexity index is 510. The first-order chi connectivity index (χ1) is 7.64. The fourth-order valence-electron chi connectivity index (χ4n) is 1.36. The molecule has 1 rings (SSSR count). The number of hydrogen-bond donors (Lipinski definition) is 2. The zero-order valence-corrected chi connectivity index (χ0v) is 12.9. The van der Waals surface area contributed by atoms with E-state index in [1.54, 1.807) is 26.8 Å². The van der Waals surface area contributed by atoms with Crippen LogP contribution in [0.25, 0.3) is 0 Å². The van der Waals surface area contributed by atoms with Gasteiger partial charge in [0.2, 0.25) is 10.0 Å². The molecule has 1 aromatic rings. The first kappa shape index (κ1) is 17.7. The highest BCUT2D eigenvalue weighted by molar-refractivity contribution is 7.89. The Morgan fingerprint density at radius 3 is 2.28 bits per heavy atom. The highest BCUT2D eigenvalue weighted by Crippen LogP contribution is 2.20. The van der Waals surface area contributed by atoms with Crippen LogP contribution in [0.1, 0.15) is 26.3 Å². The highest BCUT2D eigenvalue weighted by atomic mass is 35.5. The number of halogens is 2. The predicted octanol–water partition coefficient (Wildman–Crippen LogP) is 2.30. The third-order valence-electron chi connectivity index (χ3n) is 1.92. The van der Waals surface area contributed by atoms with Gasteiger partial charge in [-0.15, -0.1) is 12.4 Å². The summed E-state index contributed by atoms with van der Waals surface area (Å²) in [6.45, 7) is 5.58. The normalized spacial score (nSPS) is 12.1. The summed E-state index contributed by atoms with van der Waals surface area (Å²) in [6.07, 6.45) is 0. The van der Waals surface area contributed by atoms with Crippen LogP contribution in [0.4, 0.5) is 0 Å². The van der Waals surface area contributed by atoms with Crippen LogP contribution in [0.2, 0.25) is 5.02 Å². The highest BCUT2D eigenvalue weighted by Gasteiger charge is 2.22. The fraction of sp³-hybridized carbons (Fsp3) is 0.455. The molecule has 104 valence electrons. The number of hydrogen-bond acceptors (Lipinski definition) is 3. The van der Waals surface area contributed by atoms with E-state index < -0.39 is 15.6 Å². The maximum absolute atomic E-state index is 12.1. The first-order valence-corrected chi connectivity index (χ1v) is 7.04. The number of benzene rings is 1. The molecule has 0 heterocycles. The van der Waals surface area contributed by atoms with E-state index in [0.717, 1.165) is 0 Å². The van der Waals surface area contributed by atoms with E-state index in [1.165, 1.54) is 12.1 Å². The van der Waals surface area contributed by atoms with Crippen LogP contribution in [0.3, 0.4) is 0 Å². The van der Waals surface area contributed by atoms with E-state index in [2.05, 4.69) is 4.72 Å². The Labute approximate surface area is 119 Å². The van der Waals surface area contributed by atoms with Crippen molar-refractivity contribution in [2.75, 3.05) is 0 Å². The van der Waals surface area contributed by atoms with Crippen LogP contribution in [0.15, 0.2) is 23.1 Å². The summed E-state index contributed by atoms with van der Waals surface area (Å²) in [5.41, 5.74) is 5.63. The molecule has 0 fully saturated rings. The van der Waals surface area contributed by atoms with E-state index in [-0.39, 0.29) is 23.8 Å². The number of sulfonamides is 1. The second-order valence-corrected chi connectivity index (χ2v) is 6.97. The minimum Gasteiger partial charge on any atom is -0.326 e. The van der Waals surface area contributed by atoms with Crippen LogP contribution in [0, 0.1) is 0 Å². The van der Waals surface area contributed by atoms with Gasteiger partial charge in [-0.05, 0) is 44.5 Å². The smallest absolute Gasteiger partial charge is 0.241 e. The van der Waals surface area contributed by atoms with Gasteiger partial charge < -0.3 is 5.73 Å². The molecule has 0 aliphatic carbocycles. The Balaban J connectivity index is 0.00000289. The van der Waals surface area contributed by atoms with Gasteiger partial charge in [0.05, 0.1) is 4.90 Å². The molecule has 0 aliphatic rings. The summed E-state index contributed by atoms with van der Waals surface area (Å²) in [5.74, 6) is 0. The lowest BCUT2D eigenvalue weighted by Gasteiger charge is -2.20. The molecule has 0 bridgehead atoms. The summed E-state index contributed by atoms with van der Waals surface area (Å²) in [4.78, 5) is 0.139. The third kappa shape index (κ3) is 5.12. The van der Waals surface area contributed by atoms with Crippen molar-refractivity contribution in [3.05, 3.63) is 28.8 Å². The van der Waals surface area contributed by atoms with Crippen molar-refractivity contribution >= 4 is 34.0 Å². The van der Waals surface area contributed by atoms with Gasteiger partial charge in [-0.2, -0.15) is 0 Å². The van der Waals surface area contributed by atoms with Crippen molar-refractivity contribution in [3.8, 4) is 0 Å². The lowest BCUT2D eigenvalue weighted by Crippen LogP contribution is -2.40. The molecule has 18 heavy (non-hydrogen) atoms. The second-order valence-electron chi connectivity index (χ2n) is 4.85. The average Bonchev–Trinajstić information content (AvgIpc) is 2.13. The maximum atomic E-state index is 12.1. The van der Waals surface area contributed by atoms with Gasteiger partial charge in [-0.3, -0.25) is 0 Å². The van der Waals surface area contributed by atoms with Crippen molar-refractivity contribution in [2.24, 2.45) is 5.73 Å². The molecule has 0 aliphatic heterocycles. The summed E-state index contributed by atoms with van der Waals surface area (Å²) in [6, 6.07) is 4.59. The van der Waals surface area contributed by atoms with Crippen LogP contribution in [0.5, 0.6) is 0 Å². The monoisotopic (exact) mass is 312 g/mol. The standard InChI is InChI=1S/C11H17ClN2O2S.ClH/c1-11(2,3)14-17(15,16)10-5-8(7-13)4-9(12)6-10;/h4-6,14H,7,13H2,1-3H3;1H. The Hall–Kier alpha value is -0.330. The van der Waals surface area contributed by atoms with Crippen molar-refractivity contribution in [1.82, 2.24) is 4.72 Å². The molecular formula is C11H18Cl2N2O2S. The lowest BCUT2D eigenvalue weighted by molar-refractivity contribution is 0.491. The van der Waals surface area contributed by atoms with E-state index >= 15 is 0 Å². The van der Waals surface area contributed by atoms with E-state index in [0.29, 0.717) is 10.6 Å². The molecule has 7 heteroatoms. The van der Waals surface area contributed by atoms with Crippen LogP contribution in [-0.4, -0.2) is 14.0 Å². The van der Waals surface area contributed by atoms with Gasteiger partial charge >= 0.3 is 0 Å². The van der Waals surface area contributed by atoms with Gasteiger partial charge in [0, 0.05) is 17.1 Å². The lowest BCUT2D eigenvalue weighted by atomic mass is 10.1. The molecule has 0 radical (unpaired) electrons. The number of nitrogens with two attached hydrogens (primary N) is 1. The Kier molecular flexibility index (Phi) is 6.10. The molecule has 3 N–H and O–H groups in total. The quantitative estimate of drug-likeness (QED) is 0.899. The van der Waals surface area contributed by atoms with Gasteiger partial charge in [0.15, 0.2) is 0 Å². The summed E-state index contributed by atoms with van der Waals surface area (Å²) < 4.78 is 26.7. The average molecular weight is 313 g/mol. The van der Waals surface area contributed by atoms with Crippen LogP contribution < -0.4 is 10.5 Å². The summed E-state index contributed by atoms with van der Waals surface area (Å²) in [5, 5.41) is 0.363. The molecule has 0 spiro atoms. The van der Waals surface area contributed by atoms with Crippen LogP contribution in [-0.2, 0) is 16.6 Å². The molecule has 0 amide bonds. The molecule has 0 saturated heterocycles. The second kappa shape index (κ2) is 6.21. The molecule has 0 aromatic heterocycles. The fourth-order valence-corrected chi connectivity index (χ4v) is 3.19. The number of nitrogens with one attached hydrogen (secondary N) is 1. The number of rotatable bonds is 3. The minimum absolute atomic E-state index is 0. The first-order valence-electron chi connectivity index (χ1n) is 5.17. The van der Waals surface area contributed by atoms with Gasteiger partial charge in [-0.1, -0.05) is 11.6 Å². The molecule has 0 unspecified atom stereocenters. The van der Waals surface area contributed by atoms with Gasteiger partial charge in [-0.25, -0.2) is 13.1 Å². The minimum atomic E-state index is -3.56. The molecular weight excluding hydrogens is 295 g/mol. The molecule has 1 aromatic carbocycles. The zero-order chi connectivity index (χ0) is 13.3. The predicted molar refractivity (Wildman–Crippen MR) is 76.7 cm³/mol. The topological polar surface area (TPSA) is 72.2 Å². The van der Waals surface area contributed by atoms with Crippen molar-refractivity contribution in [3.63, 3.8) is 0 Å². The largest absolute Gasteiger partial charge is 0.326 e. The third-order valence-corrected chi connectivity index (χ3v) is 3.87. The maximum Gasteiger partial charge on any atom is 0.241 e.